The number of aromatic amines is 1. The van der Waals surface area contributed by atoms with E-state index in [1.807, 2.05) is 0 Å². The Balaban J connectivity index is 0.000000422. The van der Waals surface area contributed by atoms with E-state index in [0.29, 0.717) is 19.4 Å². The van der Waals surface area contributed by atoms with Gasteiger partial charge in [0.25, 0.3) is 0 Å². The Bertz CT molecular complexity index is 500. The zero-order valence-electron chi connectivity index (χ0n) is 12.6. The third kappa shape index (κ3) is 10.7. The minimum absolute atomic E-state index is 0.0129. The first-order valence-electron chi connectivity index (χ1n) is 6.73. The largest absolute Gasteiger partial charge is 0.480 e. The first kappa shape index (κ1) is 20.3. The maximum atomic E-state index is 10.3. The second-order valence-electron chi connectivity index (χ2n) is 4.62. The zero-order chi connectivity index (χ0) is 17.8. The van der Waals surface area contributed by atoms with E-state index in [1.54, 1.807) is 6.20 Å². The lowest BCUT2D eigenvalue weighted by molar-refractivity contribution is -0.139. The summed E-state index contributed by atoms with van der Waals surface area (Å²) >= 11 is 0. The number of aliphatic carboxylic acids is 2. The molecule has 0 saturated heterocycles. The van der Waals surface area contributed by atoms with Gasteiger partial charge in [-0.2, -0.15) is 0 Å². The number of H-pyrrole nitrogens is 1. The number of nitrogens with one attached hydrogen (secondary N) is 1. The first-order chi connectivity index (χ1) is 10.7. The van der Waals surface area contributed by atoms with Crippen molar-refractivity contribution in [2.45, 2.75) is 31.3 Å². The number of hydrogen-bond donors (Lipinski definition) is 7. The van der Waals surface area contributed by atoms with Gasteiger partial charge in [0.05, 0.1) is 6.33 Å². The summed E-state index contributed by atoms with van der Waals surface area (Å²) in [6.45, 7) is 0.420. The van der Waals surface area contributed by atoms with E-state index in [0.717, 1.165) is 5.69 Å². The molecule has 11 nitrogen and oxygen atoms in total. The molecule has 0 amide bonds. The fraction of sp³-hybridized carbons (Fsp3) is 0.500. The molecule has 1 aromatic rings. The van der Waals surface area contributed by atoms with Crippen molar-refractivity contribution < 1.29 is 19.8 Å². The third-order valence-electron chi connectivity index (χ3n) is 2.60. The predicted molar refractivity (Wildman–Crippen MR) is 83.4 cm³/mol. The second kappa shape index (κ2) is 11.0. The third-order valence-corrected chi connectivity index (χ3v) is 2.60. The minimum Gasteiger partial charge on any atom is -0.480 e. The lowest BCUT2D eigenvalue weighted by atomic mass is 10.2. The van der Waals surface area contributed by atoms with Crippen LogP contribution in [0.5, 0.6) is 0 Å². The molecule has 0 spiro atoms. The summed E-state index contributed by atoms with van der Waals surface area (Å²) < 4.78 is 0. The number of aromatic nitrogens is 2. The average molecular weight is 329 g/mol. The van der Waals surface area contributed by atoms with Gasteiger partial charge in [0.1, 0.15) is 12.1 Å². The van der Waals surface area contributed by atoms with Gasteiger partial charge < -0.3 is 38.1 Å². The fourth-order valence-electron chi connectivity index (χ4n) is 1.36. The highest BCUT2D eigenvalue weighted by Crippen LogP contribution is 1.95. The van der Waals surface area contributed by atoms with Crippen molar-refractivity contribution in [3.05, 3.63) is 18.2 Å². The van der Waals surface area contributed by atoms with Crippen LogP contribution < -0.4 is 22.9 Å². The molecule has 1 aromatic heterocycles. The van der Waals surface area contributed by atoms with E-state index < -0.39 is 24.0 Å². The van der Waals surface area contributed by atoms with Crippen LogP contribution in [0, 0.1) is 0 Å². The zero-order valence-corrected chi connectivity index (χ0v) is 12.6. The molecular formula is C12H23N7O4. The molecule has 0 bridgehead atoms. The maximum absolute atomic E-state index is 10.3. The highest BCUT2D eigenvalue weighted by atomic mass is 16.4. The Morgan fingerprint density at radius 1 is 1.22 bits per heavy atom. The Morgan fingerprint density at radius 2 is 1.83 bits per heavy atom. The van der Waals surface area contributed by atoms with E-state index in [1.165, 1.54) is 6.33 Å². The Labute approximate surface area is 132 Å². The molecule has 0 aromatic carbocycles. The van der Waals surface area contributed by atoms with E-state index in [2.05, 4.69) is 15.0 Å². The molecule has 11 heteroatoms. The van der Waals surface area contributed by atoms with Crippen molar-refractivity contribution in [1.82, 2.24) is 9.97 Å². The molecule has 1 rings (SSSR count). The van der Waals surface area contributed by atoms with E-state index in [-0.39, 0.29) is 12.4 Å². The van der Waals surface area contributed by atoms with Gasteiger partial charge in [-0.05, 0) is 12.8 Å². The summed E-state index contributed by atoms with van der Waals surface area (Å²) in [6.07, 6.45) is 4.29. The average Bonchev–Trinajstić information content (AvgIpc) is 2.96. The summed E-state index contributed by atoms with van der Waals surface area (Å²) in [5.41, 5.74) is 21.3. The molecular weight excluding hydrogens is 306 g/mol. The minimum atomic E-state index is -1.00. The van der Waals surface area contributed by atoms with Gasteiger partial charge in [0.15, 0.2) is 5.96 Å². The van der Waals surface area contributed by atoms with Gasteiger partial charge in [0, 0.05) is 24.9 Å². The maximum Gasteiger partial charge on any atom is 0.320 e. The molecule has 0 fully saturated rings. The summed E-state index contributed by atoms with van der Waals surface area (Å²) in [5.74, 6) is -1.99. The number of nitrogens with two attached hydrogens (primary N) is 4. The van der Waals surface area contributed by atoms with Crippen LogP contribution in [0.2, 0.25) is 0 Å². The van der Waals surface area contributed by atoms with Crippen molar-refractivity contribution in [2.24, 2.45) is 27.9 Å². The molecule has 0 aliphatic heterocycles. The van der Waals surface area contributed by atoms with Gasteiger partial charge in [-0.25, -0.2) is 4.98 Å². The summed E-state index contributed by atoms with van der Waals surface area (Å²) in [7, 11) is 0. The quantitative estimate of drug-likeness (QED) is 0.156. The van der Waals surface area contributed by atoms with Gasteiger partial charge in [0.2, 0.25) is 0 Å². The van der Waals surface area contributed by atoms with Crippen molar-refractivity contribution in [2.75, 3.05) is 6.54 Å². The smallest absolute Gasteiger partial charge is 0.320 e. The van der Waals surface area contributed by atoms with Gasteiger partial charge in [-0.1, -0.05) is 0 Å². The number of guanidine groups is 1. The van der Waals surface area contributed by atoms with Crippen LogP contribution in [0.1, 0.15) is 18.5 Å². The SMILES string of the molecule is NC(Cc1cnc[nH]1)C(=O)O.NC(N)=NCCC[C@H](N)C(=O)O. The van der Waals surface area contributed by atoms with Crippen molar-refractivity contribution in [1.29, 1.82) is 0 Å². The van der Waals surface area contributed by atoms with Crippen LogP contribution in [-0.4, -0.2) is 56.7 Å². The molecule has 2 atom stereocenters. The van der Waals surface area contributed by atoms with Crippen molar-refractivity contribution >= 4 is 17.9 Å². The highest BCUT2D eigenvalue weighted by molar-refractivity contribution is 5.75. The monoisotopic (exact) mass is 329 g/mol. The molecule has 0 radical (unpaired) electrons. The molecule has 23 heavy (non-hydrogen) atoms. The van der Waals surface area contributed by atoms with Crippen LogP contribution in [0.25, 0.3) is 0 Å². The molecule has 0 aliphatic rings. The Morgan fingerprint density at radius 3 is 2.26 bits per heavy atom. The van der Waals surface area contributed by atoms with Crippen LogP contribution >= 0.6 is 0 Å². The van der Waals surface area contributed by atoms with Crippen molar-refractivity contribution in [3.63, 3.8) is 0 Å². The topological polar surface area (TPSA) is 220 Å². The standard InChI is InChI=1S/C6H14N4O2.C6H9N3O2/c7-4(5(11)12)2-1-3-10-6(8)9;7-5(6(10)11)1-4-2-8-3-9-4/h4H,1-3,7H2,(H,11,12)(H4,8,9,10);2-3,5H,1,7H2,(H,8,9)(H,10,11)/t4-;/m0./s1. The van der Waals surface area contributed by atoms with Crippen LogP contribution in [0.4, 0.5) is 0 Å². The summed E-state index contributed by atoms with van der Waals surface area (Å²) in [5, 5.41) is 16.8. The predicted octanol–water partition coefficient (Wildman–Crippen LogP) is -2.18. The van der Waals surface area contributed by atoms with Crippen molar-refractivity contribution in [3.8, 4) is 0 Å². The van der Waals surface area contributed by atoms with Crippen LogP contribution in [-0.2, 0) is 16.0 Å². The number of hydrogen-bond acceptors (Lipinski definition) is 6. The van der Waals surface area contributed by atoms with E-state index in [4.69, 9.17) is 33.1 Å². The number of carboxylic acids is 2. The van der Waals surface area contributed by atoms with E-state index >= 15 is 0 Å². The highest BCUT2D eigenvalue weighted by Gasteiger charge is 2.12. The second-order valence-corrected chi connectivity index (χ2v) is 4.62. The van der Waals surface area contributed by atoms with Crippen LogP contribution in [0.3, 0.4) is 0 Å². The number of nitrogens with zero attached hydrogens (tertiary/aromatic N) is 2. The van der Waals surface area contributed by atoms with Crippen LogP contribution in [0.15, 0.2) is 17.5 Å². The number of carbonyl (C=O) groups is 2. The molecule has 11 N–H and O–H groups in total. The van der Waals surface area contributed by atoms with Gasteiger partial charge in [-0.15, -0.1) is 0 Å². The summed E-state index contributed by atoms with van der Waals surface area (Å²) in [4.78, 5) is 30.7. The summed E-state index contributed by atoms with van der Waals surface area (Å²) in [6, 6.07) is -1.67. The van der Waals surface area contributed by atoms with Gasteiger partial charge in [-0.3, -0.25) is 14.6 Å². The fourth-order valence-corrected chi connectivity index (χ4v) is 1.36. The number of imidazole rings is 1. The lowest BCUT2D eigenvalue weighted by Gasteiger charge is -2.03. The molecule has 1 unspecified atom stereocenters. The first-order valence-corrected chi connectivity index (χ1v) is 6.73. The lowest BCUT2D eigenvalue weighted by Crippen LogP contribution is -2.32. The molecule has 1 heterocycles. The molecule has 130 valence electrons. The normalized spacial score (nSPS) is 12.4. The molecule has 0 aliphatic carbocycles. The Kier molecular flexibility index (Phi) is 9.71. The van der Waals surface area contributed by atoms with Gasteiger partial charge >= 0.3 is 11.9 Å². The number of aliphatic imine (C=N–C) groups is 1. The molecule has 0 saturated carbocycles. The number of rotatable bonds is 8. The number of carboxylic acid groups (broad SMARTS) is 2. The Hall–Kier alpha value is -2.66. The van der Waals surface area contributed by atoms with E-state index in [9.17, 15) is 9.59 Å².